The maximum atomic E-state index is 6.32. The zero-order chi connectivity index (χ0) is 38.9. The highest BCUT2D eigenvalue weighted by Gasteiger charge is 2.19. The van der Waals surface area contributed by atoms with E-state index >= 15 is 0 Å². The van der Waals surface area contributed by atoms with Gasteiger partial charge in [0.25, 0.3) is 0 Å². The van der Waals surface area contributed by atoms with Gasteiger partial charge in [-0.1, -0.05) is 176 Å². The molecule has 12 rings (SSSR count). The van der Waals surface area contributed by atoms with E-state index in [9.17, 15) is 0 Å². The van der Waals surface area contributed by atoms with Gasteiger partial charge in [0.05, 0.1) is 11.4 Å². The third kappa shape index (κ3) is 5.51. The van der Waals surface area contributed by atoms with Gasteiger partial charge in [0.2, 0.25) is 0 Å². The van der Waals surface area contributed by atoms with Crippen molar-refractivity contribution in [3.63, 3.8) is 0 Å². The van der Waals surface area contributed by atoms with Crippen LogP contribution in [0.3, 0.4) is 0 Å². The summed E-state index contributed by atoms with van der Waals surface area (Å²) in [5.41, 5.74) is 11.2. The van der Waals surface area contributed by atoms with Crippen molar-refractivity contribution in [2.75, 3.05) is 0 Å². The molecule has 12 aromatic rings. The number of hydrogen-bond acceptors (Lipinski definition) is 3. The van der Waals surface area contributed by atoms with Crippen molar-refractivity contribution in [2.45, 2.75) is 0 Å². The largest absolute Gasteiger partial charge is 0.456 e. The van der Waals surface area contributed by atoms with E-state index in [1.54, 1.807) is 0 Å². The number of furan rings is 1. The fourth-order valence-corrected chi connectivity index (χ4v) is 9.04. The monoisotopic (exact) mass is 750 g/mol. The molecule has 2 aromatic heterocycles. The lowest BCUT2D eigenvalue weighted by Gasteiger charge is -2.16. The lowest BCUT2D eigenvalue weighted by Crippen LogP contribution is -1.98. The summed E-state index contributed by atoms with van der Waals surface area (Å²) >= 11 is 0. The van der Waals surface area contributed by atoms with Crippen LogP contribution in [0.25, 0.3) is 121 Å². The van der Waals surface area contributed by atoms with E-state index in [4.69, 9.17) is 14.4 Å². The molecule has 0 atom stereocenters. The van der Waals surface area contributed by atoms with Crippen LogP contribution in [0.4, 0.5) is 0 Å². The zero-order valence-corrected chi connectivity index (χ0v) is 31.9. The van der Waals surface area contributed by atoms with Crippen molar-refractivity contribution in [2.24, 2.45) is 0 Å². The minimum atomic E-state index is 0.700. The van der Waals surface area contributed by atoms with Crippen LogP contribution in [-0.4, -0.2) is 9.97 Å². The van der Waals surface area contributed by atoms with Gasteiger partial charge in [-0.05, 0) is 95.7 Å². The van der Waals surface area contributed by atoms with Gasteiger partial charge in [-0.3, -0.25) is 0 Å². The minimum absolute atomic E-state index is 0.700. The van der Waals surface area contributed by atoms with Gasteiger partial charge in [0, 0.05) is 27.5 Å². The standard InChI is InChI=1S/C56H34N2O/c1-2-12-36(13-3-1)42-17-10-11-21-46(42)51-34-50(57-56(58-51)55-45-20-9-6-16-41(45)33-48-43-18-7-4-14-37(43)26-29-47(48)55)39-24-22-35(23-25-39)40-28-30-52-49(32-40)54-44-19-8-5-15-38(44)27-31-53(54)59-52/h1-34H. The van der Waals surface area contributed by atoms with Crippen LogP contribution in [0.2, 0.25) is 0 Å². The van der Waals surface area contributed by atoms with E-state index in [0.29, 0.717) is 5.82 Å². The van der Waals surface area contributed by atoms with Gasteiger partial charge in [0.15, 0.2) is 5.82 Å². The van der Waals surface area contributed by atoms with E-state index in [0.717, 1.165) is 88.4 Å². The summed E-state index contributed by atoms with van der Waals surface area (Å²) in [5.74, 6) is 0.700. The number of nitrogens with zero attached hydrogens (tertiary/aromatic N) is 2. The molecule has 0 bridgehead atoms. The summed E-state index contributed by atoms with van der Waals surface area (Å²) in [6, 6.07) is 73.3. The van der Waals surface area contributed by atoms with Gasteiger partial charge in [-0.25, -0.2) is 9.97 Å². The van der Waals surface area contributed by atoms with E-state index in [2.05, 4.69) is 206 Å². The molecule has 0 fully saturated rings. The third-order valence-corrected chi connectivity index (χ3v) is 11.9. The summed E-state index contributed by atoms with van der Waals surface area (Å²) in [7, 11) is 0. The Morgan fingerprint density at radius 1 is 0.305 bits per heavy atom. The molecule has 10 aromatic carbocycles. The first-order valence-electron chi connectivity index (χ1n) is 20.1. The van der Waals surface area contributed by atoms with Crippen molar-refractivity contribution < 1.29 is 4.42 Å². The highest BCUT2D eigenvalue weighted by atomic mass is 16.3. The van der Waals surface area contributed by atoms with Crippen LogP contribution in [0, 0.1) is 0 Å². The Labute approximate surface area is 340 Å². The molecule has 0 aliphatic rings. The molecule has 0 unspecified atom stereocenters. The predicted octanol–water partition coefficient (Wildman–Crippen LogP) is 15.3. The molecule has 274 valence electrons. The average Bonchev–Trinajstić information content (AvgIpc) is 3.69. The van der Waals surface area contributed by atoms with Crippen LogP contribution in [-0.2, 0) is 0 Å². The topological polar surface area (TPSA) is 38.9 Å². The third-order valence-electron chi connectivity index (χ3n) is 11.9. The molecular formula is C56H34N2O. The normalized spacial score (nSPS) is 11.7. The molecule has 3 heteroatoms. The molecule has 0 radical (unpaired) electrons. The molecule has 0 aliphatic carbocycles. The molecule has 3 nitrogen and oxygen atoms in total. The van der Waals surface area contributed by atoms with Gasteiger partial charge >= 0.3 is 0 Å². The van der Waals surface area contributed by atoms with Crippen molar-refractivity contribution in [1.82, 2.24) is 9.97 Å². The SMILES string of the molecule is c1ccc(-c2ccccc2-c2cc(-c3ccc(-c4ccc5oc6ccc7ccccc7c6c5c4)cc3)nc(-c3c4ccccc4cc4c3ccc3ccccc34)n2)cc1. The molecule has 0 aliphatic heterocycles. The number of fused-ring (bicyclic) bond motifs is 9. The van der Waals surface area contributed by atoms with Crippen molar-refractivity contribution in [3.05, 3.63) is 206 Å². The van der Waals surface area contributed by atoms with Crippen LogP contribution in [0.15, 0.2) is 211 Å². The smallest absolute Gasteiger partial charge is 0.161 e. The average molecular weight is 751 g/mol. The summed E-state index contributed by atoms with van der Waals surface area (Å²) in [6.07, 6.45) is 0. The minimum Gasteiger partial charge on any atom is -0.456 e. The number of rotatable bonds is 5. The van der Waals surface area contributed by atoms with Gasteiger partial charge < -0.3 is 4.42 Å². The lowest BCUT2D eigenvalue weighted by atomic mass is 9.92. The lowest BCUT2D eigenvalue weighted by molar-refractivity contribution is 0.669. The van der Waals surface area contributed by atoms with Crippen molar-refractivity contribution in [1.29, 1.82) is 0 Å². The second-order valence-electron chi connectivity index (χ2n) is 15.3. The fraction of sp³-hybridized carbons (Fsp3) is 0. The first kappa shape index (κ1) is 33.3. The summed E-state index contributed by atoms with van der Waals surface area (Å²) in [5, 5.41) is 11.7. The Hall–Kier alpha value is -7.88. The van der Waals surface area contributed by atoms with Gasteiger partial charge in [-0.15, -0.1) is 0 Å². The molecule has 0 amide bonds. The van der Waals surface area contributed by atoms with Crippen LogP contribution in [0.1, 0.15) is 0 Å². The molecule has 0 saturated heterocycles. The first-order valence-corrected chi connectivity index (χ1v) is 20.1. The van der Waals surface area contributed by atoms with Gasteiger partial charge in [0.1, 0.15) is 11.2 Å². The predicted molar refractivity (Wildman–Crippen MR) is 247 cm³/mol. The molecule has 0 spiro atoms. The van der Waals surface area contributed by atoms with E-state index < -0.39 is 0 Å². The molecular weight excluding hydrogens is 717 g/mol. The summed E-state index contributed by atoms with van der Waals surface area (Å²) in [6.45, 7) is 0. The van der Waals surface area contributed by atoms with E-state index in [-0.39, 0.29) is 0 Å². The molecule has 0 saturated carbocycles. The van der Waals surface area contributed by atoms with E-state index in [1.807, 2.05) is 0 Å². The van der Waals surface area contributed by atoms with E-state index in [1.165, 1.54) is 26.9 Å². The summed E-state index contributed by atoms with van der Waals surface area (Å²) in [4.78, 5) is 10.9. The zero-order valence-electron chi connectivity index (χ0n) is 31.9. The maximum absolute atomic E-state index is 6.32. The van der Waals surface area contributed by atoms with Crippen LogP contribution in [0.5, 0.6) is 0 Å². The number of aromatic nitrogens is 2. The molecule has 0 N–H and O–H groups in total. The fourth-order valence-electron chi connectivity index (χ4n) is 9.04. The Bertz CT molecular complexity index is 3600. The summed E-state index contributed by atoms with van der Waals surface area (Å²) < 4.78 is 6.32. The highest BCUT2D eigenvalue weighted by molar-refractivity contribution is 6.20. The van der Waals surface area contributed by atoms with Gasteiger partial charge in [-0.2, -0.15) is 0 Å². The second kappa shape index (κ2) is 13.4. The van der Waals surface area contributed by atoms with Crippen molar-refractivity contribution in [3.8, 4) is 56.2 Å². The van der Waals surface area contributed by atoms with Crippen LogP contribution >= 0.6 is 0 Å². The van der Waals surface area contributed by atoms with Crippen molar-refractivity contribution >= 4 is 65.0 Å². The van der Waals surface area contributed by atoms with Crippen LogP contribution < -0.4 is 0 Å². The quantitative estimate of drug-likeness (QED) is 0.130. The Morgan fingerprint density at radius 3 is 1.75 bits per heavy atom. The highest BCUT2D eigenvalue weighted by Crippen LogP contribution is 2.42. The number of benzene rings is 10. The first-order chi connectivity index (χ1) is 29.2. The Morgan fingerprint density at radius 2 is 0.915 bits per heavy atom. The maximum Gasteiger partial charge on any atom is 0.161 e. The number of hydrogen-bond donors (Lipinski definition) is 0. The Balaban J connectivity index is 1.06. The Kier molecular flexibility index (Phi) is 7.54. The molecule has 59 heavy (non-hydrogen) atoms. The molecule has 2 heterocycles. The second-order valence-corrected chi connectivity index (χ2v) is 15.3.